The Kier molecular flexibility index (Phi) is 6.44. The first-order valence-electron chi connectivity index (χ1n) is 11.3. The molecular formula is C27H23FN8. The number of pyridine rings is 1. The van der Waals surface area contributed by atoms with Gasteiger partial charge in [-0.1, -0.05) is 36.4 Å². The predicted molar refractivity (Wildman–Crippen MR) is 139 cm³/mol. The fourth-order valence-corrected chi connectivity index (χ4v) is 3.67. The molecule has 0 saturated heterocycles. The zero-order valence-electron chi connectivity index (χ0n) is 19.7. The Morgan fingerprint density at radius 3 is 2.50 bits per heavy atom. The average Bonchev–Trinajstić information content (AvgIpc) is 3.45. The second-order valence-corrected chi connectivity index (χ2v) is 8.06. The third-order valence-electron chi connectivity index (χ3n) is 5.58. The number of imidazole rings is 1. The first-order chi connectivity index (χ1) is 17.6. The van der Waals surface area contributed by atoms with Crippen LogP contribution in [-0.2, 0) is 0 Å². The summed E-state index contributed by atoms with van der Waals surface area (Å²) in [5.41, 5.74) is 7.88. The molecule has 0 aliphatic carbocycles. The van der Waals surface area contributed by atoms with Gasteiger partial charge in [0.25, 0.3) is 0 Å². The molecular weight excluding hydrogens is 455 g/mol. The van der Waals surface area contributed by atoms with E-state index in [0.717, 1.165) is 28.0 Å². The zero-order chi connectivity index (χ0) is 24.9. The fraction of sp³-hybridized carbons (Fsp3) is 0.0741. The van der Waals surface area contributed by atoms with E-state index in [1.807, 2.05) is 56.3 Å². The summed E-state index contributed by atoms with van der Waals surface area (Å²) in [5, 5.41) is 7.75. The van der Waals surface area contributed by atoms with Crippen molar-refractivity contribution in [1.82, 2.24) is 24.5 Å². The first kappa shape index (κ1) is 22.9. The van der Waals surface area contributed by atoms with Crippen molar-refractivity contribution < 1.29 is 4.39 Å². The molecule has 36 heavy (non-hydrogen) atoms. The van der Waals surface area contributed by atoms with E-state index < -0.39 is 0 Å². The van der Waals surface area contributed by atoms with Gasteiger partial charge in [0.05, 0.1) is 11.3 Å². The van der Waals surface area contributed by atoms with E-state index in [1.54, 1.807) is 41.7 Å². The fourth-order valence-electron chi connectivity index (χ4n) is 3.67. The zero-order valence-corrected chi connectivity index (χ0v) is 19.7. The number of nitrogens with zero attached hydrogens (tertiary/aromatic N) is 6. The summed E-state index contributed by atoms with van der Waals surface area (Å²) in [7, 11) is 0. The Labute approximate surface area is 207 Å². The molecule has 0 radical (unpaired) electrons. The smallest absolute Gasteiger partial charge is 0.231 e. The number of aryl methyl sites for hydroxylation is 1. The van der Waals surface area contributed by atoms with E-state index in [4.69, 9.17) is 9.97 Å². The Bertz CT molecular complexity index is 1500. The summed E-state index contributed by atoms with van der Waals surface area (Å²) in [6.45, 7) is 3.79. The van der Waals surface area contributed by atoms with Gasteiger partial charge < -0.3 is 5.32 Å². The number of hydrogen-bond donors (Lipinski definition) is 2. The number of hydrogen-bond acceptors (Lipinski definition) is 7. The number of hydrazone groups is 1. The second-order valence-electron chi connectivity index (χ2n) is 8.06. The van der Waals surface area contributed by atoms with Crippen molar-refractivity contribution in [2.24, 2.45) is 5.10 Å². The molecule has 0 fully saturated rings. The van der Waals surface area contributed by atoms with E-state index in [0.29, 0.717) is 17.3 Å². The van der Waals surface area contributed by atoms with Crippen LogP contribution in [0.5, 0.6) is 0 Å². The molecule has 0 bridgehead atoms. The third kappa shape index (κ3) is 4.95. The predicted octanol–water partition coefficient (Wildman–Crippen LogP) is 5.75. The lowest BCUT2D eigenvalue weighted by Crippen LogP contribution is -2.10. The molecule has 178 valence electrons. The molecule has 3 heterocycles. The minimum atomic E-state index is -0.352. The van der Waals surface area contributed by atoms with Crippen molar-refractivity contribution in [3.8, 4) is 16.9 Å². The molecule has 0 saturated carbocycles. The van der Waals surface area contributed by atoms with Gasteiger partial charge in [-0.15, -0.1) is 0 Å². The van der Waals surface area contributed by atoms with Gasteiger partial charge in [-0.05, 0) is 49.2 Å². The molecule has 2 N–H and O–H groups in total. The van der Waals surface area contributed by atoms with Crippen molar-refractivity contribution in [1.29, 1.82) is 0 Å². The molecule has 0 amide bonds. The number of aromatic nitrogens is 5. The van der Waals surface area contributed by atoms with Crippen LogP contribution in [0.15, 0.2) is 96.9 Å². The molecule has 0 aliphatic heterocycles. The minimum Gasteiger partial charge on any atom is -0.324 e. The molecule has 8 nitrogen and oxygen atoms in total. The van der Waals surface area contributed by atoms with Crippen molar-refractivity contribution in [3.05, 3.63) is 109 Å². The van der Waals surface area contributed by atoms with Gasteiger partial charge in [-0.25, -0.2) is 9.37 Å². The molecule has 9 heteroatoms. The lowest BCUT2D eigenvalue weighted by molar-refractivity contribution is 0.628. The van der Waals surface area contributed by atoms with E-state index in [9.17, 15) is 4.39 Å². The van der Waals surface area contributed by atoms with Crippen molar-refractivity contribution in [2.45, 2.75) is 13.8 Å². The molecule has 5 rings (SSSR count). The van der Waals surface area contributed by atoms with Gasteiger partial charge in [-0.3, -0.25) is 15.0 Å². The molecule has 0 atom stereocenters. The van der Waals surface area contributed by atoms with Crippen LogP contribution in [-0.4, -0.2) is 30.2 Å². The number of benzene rings is 2. The van der Waals surface area contributed by atoms with E-state index in [2.05, 4.69) is 25.8 Å². The van der Waals surface area contributed by atoms with Crippen LogP contribution in [0.4, 0.5) is 21.8 Å². The van der Waals surface area contributed by atoms with Crippen LogP contribution < -0.4 is 10.7 Å². The van der Waals surface area contributed by atoms with Gasteiger partial charge in [0, 0.05) is 36.0 Å². The van der Waals surface area contributed by atoms with E-state index >= 15 is 0 Å². The lowest BCUT2D eigenvalue weighted by Gasteiger charge is -2.17. The summed E-state index contributed by atoms with van der Waals surface area (Å²) in [6, 6.07) is 18.1. The highest BCUT2D eigenvalue weighted by molar-refractivity contribution is 5.99. The highest BCUT2D eigenvalue weighted by Crippen LogP contribution is 2.34. The Morgan fingerprint density at radius 2 is 1.75 bits per heavy atom. The molecule has 3 aromatic heterocycles. The maximum Gasteiger partial charge on any atom is 0.231 e. The van der Waals surface area contributed by atoms with Crippen LogP contribution in [0.2, 0.25) is 0 Å². The van der Waals surface area contributed by atoms with E-state index in [1.165, 1.54) is 12.1 Å². The average molecular weight is 479 g/mol. The maximum absolute atomic E-state index is 14.0. The summed E-state index contributed by atoms with van der Waals surface area (Å²) in [6.07, 6.45) is 8.59. The van der Waals surface area contributed by atoms with Crippen molar-refractivity contribution >= 4 is 23.2 Å². The number of halogens is 1. The van der Waals surface area contributed by atoms with Crippen LogP contribution in [0.3, 0.4) is 0 Å². The maximum atomic E-state index is 14.0. The van der Waals surface area contributed by atoms with Crippen LogP contribution >= 0.6 is 0 Å². The third-order valence-corrected chi connectivity index (χ3v) is 5.58. The number of nitrogens with one attached hydrogen (secondary N) is 2. The molecule has 5 aromatic rings. The Balaban J connectivity index is 1.66. The van der Waals surface area contributed by atoms with Gasteiger partial charge in [-0.2, -0.15) is 15.1 Å². The standard InChI is InChI=1S/C27H23FN8/c1-18-8-9-22(28)16-23(18)31-27-32-25(35-34-19(2)20-10-12-29-13-11-20)24(21-6-4-3-5-7-21)26(33-27)36-15-14-30-17-36/h3-17H,1-2H3,(H2,31,32,33,35). The summed E-state index contributed by atoms with van der Waals surface area (Å²) in [4.78, 5) is 17.8. The minimum absolute atomic E-state index is 0.284. The summed E-state index contributed by atoms with van der Waals surface area (Å²) < 4.78 is 15.8. The number of anilines is 3. The SMILES string of the molecule is CC(=NNc1nc(Nc2cc(F)ccc2C)nc(-n2ccnc2)c1-c1ccccc1)c1ccncc1. The molecule has 0 aliphatic rings. The highest BCUT2D eigenvalue weighted by Gasteiger charge is 2.19. The summed E-state index contributed by atoms with van der Waals surface area (Å²) >= 11 is 0. The van der Waals surface area contributed by atoms with Crippen molar-refractivity contribution in [3.63, 3.8) is 0 Å². The van der Waals surface area contributed by atoms with Gasteiger partial charge in [0.1, 0.15) is 12.1 Å². The largest absolute Gasteiger partial charge is 0.324 e. The first-order valence-corrected chi connectivity index (χ1v) is 11.3. The van der Waals surface area contributed by atoms with Crippen LogP contribution in [0.1, 0.15) is 18.1 Å². The van der Waals surface area contributed by atoms with Gasteiger partial charge >= 0.3 is 0 Å². The monoisotopic (exact) mass is 478 g/mol. The van der Waals surface area contributed by atoms with Crippen LogP contribution in [0, 0.1) is 12.7 Å². The lowest BCUT2D eigenvalue weighted by atomic mass is 10.1. The van der Waals surface area contributed by atoms with Gasteiger partial charge in [0.2, 0.25) is 5.95 Å². The van der Waals surface area contributed by atoms with E-state index in [-0.39, 0.29) is 11.8 Å². The van der Waals surface area contributed by atoms with Crippen LogP contribution in [0.25, 0.3) is 16.9 Å². The number of rotatable bonds is 7. The highest BCUT2D eigenvalue weighted by atomic mass is 19.1. The van der Waals surface area contributed by atoms with Crippen molar-refractivity contribution in [2.75, 3.05) is 10.7 Å². The molecule has 0 spiro atoms. The second kappa shape index (κ2) is 10.1. The quantitative estimate of drug-likeness (QED) is 0.229. The summed E-state index contributed by atoms with van der Waals surface area (Å²) in [5.74, 6) is 0.996. The molecule has 0 unspecified atom stereocenters. The Hall–Kier alpha value is -4.92. The topological polar surface area (TPSA) is 92.9 Å². The van der Waals surface area contributed by atoms with Gasteiger partial charge in [0.15, 0.2) is 11.6 Å². The Morgan fingerprint density at radius 1 is 0.944 bits per heavy atom. The molecule has 2 aromatic carbocycles. The normalized spacial score (nSPS) is 11.4.